The van der Waals surface area contributed by atoms with Crippen LogP contribution in [0.5, 0.6) is 5.75 Å². The number of hydrogen-bond donors (Lipinski definition) is 2. The summed E-state index contributed by atoms with van der Waals surface area (Å²) in [4.78, 5) is 25.7. The molecule has 2 aromatic carbocycles. The number of fused-ring (bicyclic) bond motifs is 1. The van der Waals surface area contributed by atoms with E-state index in [2.05, 4.69) is 10.6 Å². The van der Waals surface area contributed by atoms with Crippen molar-refractivity contribution in [3.05, 3.63) is 53.3 Å². The highest BCUT2D eigenvalue weighted by molar-refractivity contribution is 5.94. The quantitative estimate of drug-likeness (QED) is 0.575. The molecule has 2 unspecified atom stereocenters. The van der Waals surface area contributed by atoms with Gasteiger partial charge in [0.2, 0.25) is 11.8 Å². The van der Waals surface area contributed by atoms with Gasteiger partial charge in [0, 0.05) is 38.2 Å². The van der Waals surface area contributed by atoms with Crippen molar-refractivity contribution in [1.82, 2.24) is 5.32 Å². The molecule has 8 heteroatoms. The first-order valence-corrected chi connectivity index (χ1v) is 11.9. The van der Waals surface area contributed by atoms with E-state index < -0.39 is 0 Å². The molecule has 0 spiro atoms. The molecular weight excluding hydrogens is 437 g/mol. The predicted molar refractivity (Wildman–Crippen MR) is 129 cm³/mol. The van der Waals surface area contributed by atoms with Crippen LogP contribution in [0.3, 0.4) is 0 Å². The lowest BCUT2D eigenvalue weighted by Crippen LogP contribution is -2.45. The number of hydrogen-bond acceptors (Lipinski definition) is 5. The Morgan fingerprint density at radius 3 is 2.74 bits per heavy atom. The first kappa shape index (κ1) is 24.0. The van der Waals surface area contributed by atoms with E-state index in [4.69, 9.17) is 9.47 Å². The fourth-order valence-corrected chi connectivity index (χ4v) is 4.45. The number of benzene rings is 2. The Balaban J connectivity index is 1.19. The second-order valence-corrected chi connectivity index (χ2v) is 9.04. The van der Waals surface area contributed by atoms with Crippen LogP contribution in [0.15, 0.2) is 36.4 Å². The van der Waals surface area contributed by atoms with Crippen LogP contribution in [-0.2, 0) is 27.3 Å². The number of nitrogens with zero attached hydrogens (tertiary/aromatic N) is 1. The van der Waals surface area contributed by atoms with Crippen LogP contribution in [0.1, 0.15) is 44.2 Å². The number of amides is 2. The van der Waals surface area contributed by atoms with Gasteiger partial charge in [-0.2, -0.15) is 0 Å². The third-order valence-electron chi connectivity index (χ3n) is 6.05. The fraction of sp³-hybridized carbons (Fsp3) is 0.462. The van der Waals surface area contributed by atoms with Gasteiger partial charge in [0.25, 0.3) is 0 Å². The van der Waals surface area contributed by atoms with E-state index in [9.17, 15) is 14.0 Å². The van der Waals surface area contributed by atoms with Crippen LogP contribution in [0.2, 0.25) is 0 Å². The molecule has 2 aliphatic rings. The van der Waals surface area contributed by atoms with Crippen molar-refractivity contribution < 1.29 is 23.5 Å². The molecule has 2 aromatic rings. The smallest absolute Gasteiger partial charge is 0.224 e. The third kappa shape index (κ3) is 6.26. The molecule has 4 rings (SSSR count). The average molecular weight is 470 g/mol. The maximum absolute atomic E-state index is 14.7. The zero-order chi connectivity index (χ0) is 24.1. The second kappa shape index (κ2) is 10.9. The van der Waals surface area contributed by atoms with Crippen molar-refractivity contribution in [2.75, 3.05) is 29.9 Å². The Morgan fingerprint density at radius 2 is 1.97 bits per heavy atom. The molecule has 2 amide bonds. The second-order valence-electron chi connectivity index (χ2n) is 9.04. The van der Waals surface area contributed by atoms with Gasteiger partial charge in [-0.25, -0.2) is 4.39 Å². The summed E-state index contributed by atoms with van der Waals surface area (Å²) in [6, 6.07) is 10.7. The van der Waals surface area contributed by atoms with Crippen LogP contribution in [0, 0.1) is 5.82 Å². The molecule has 0 saturated carbocycles. The van der Waals surface area contributed by atoms with E-state index >= 15 is 0 Å². The lowest BCUT2D eigenvalue weighted by atomic mass is 10.0. The van der Waals surface area contributed by atoms with Crippen molar-refractivity contribution in [1.29, 1.82) is 0 Å². The molecule has 0 bridgehead atoms. The number of nitrogens with one attached hydrogen (secondary N) is 2. The summed E-state index contributed by atoms with van der Waals surface area (Å²) in [6.07, 6.45) is 2.19. The Kier molecular flexibility index (Phi) is 7.67. The minimum absolute atomic E-state index is 0.0345. The minimum Gasteiger partial charge on any atom is -0.494 e. The summed E-state index contributed by atoms with van der Waals surface area (Å²) in [5.74, 6) is 0.380. The molecule has 0 radical (unpaired) electrons. The van der Waals surface area contributed by atoms with Gasteiger partial charge < -0.3 is 25.0 Å². The minimum atomic E-state index is -0.286. The Hall–Kier alpha value is -3.13. The van der Waals surface area contributed by atoms with E-state index in [0.717, 1.165) is 22.6 Å². The Morgan fingerprint density at radius 1 is 1.18 bits per heavy atom. The molecule has 0 aromatic heterocycles. The van der Waals surface area contributed by atoms with Gasteiger partial charge in [-0.3, -0.25) is 9.59 Å². The fourth-order valence-electron chi connectivity index (χ4n) is 4.45. The van der Waals surface area contributed by atoms with Crippen molar-refractivity contribution in [3.8, 4) is 5.75 Å². The van der Waals surface area contributed by atoms with E-state index in [1.165, 1.54) is 6.07 Å². The molecule has 2 N–H and O–H groups in total. The highest BCUT2D eigenvalue weighted by Crippen LogP contribution is 2.27. The molecule has 1 fully saturated rings. The molecule has 2 atom stereocenters. The Labute approximate surface area is 199 Å². The molecule has 34 heavy (non-hydrogen) atoms. The number of rotatable bonds is 8. The Bertz CT molecular complexity index is 1030. The molecule has 0 aliphatic carbocycles. The largest absolute Gasteiger partial charge is 0.494 e. The van der Waals surface area contributed by atoms with E-state index in [1.807, 2.05) is 43.0 Å². The van der Waals surface area contributed by atoms with Crippen LogP contribution in [0.25, 0.3) is 0 Å². The van der Waals surface area contributed by atoms with Crippen LogP contribution >= 0.6 is 0 Å². The maximum atomic E-state index is 14.7. The number of ether oxygens (including phenoxy) is 2. The van der Waals surface area contributed by atoms with Gasteiger partial charge >= 0.3 is 0 Å². The highest BCUT2D eigenvalue weighted by atomic mass is 19.1. The van der Waals surface area contributed by atoms with E-state index in [-0.39, 0.29) is 36.4 Å². The molecule has 182 valence electrons. The van der Waals surface area contributed by atoms with Gasteiger partial charge in [-0.15, -0.1) is 0 Å². The van der Waals surface area contributed by atoms with Crippen molar-refractivity contribution in [2.24, 2.45) is 0 Å². The average Bonchev–Trinajstić information content (AvgIpc) is 2.80. The summed E-state index contributed by atoms with van der Waals surface area (Å²) in [7, 11) is 0. The van der Waals surface area contributed by atoms with E-state index in [0.29, 0.717) is 51.1 Å². The topological polar surface area (TPSA) is 79.9 Å². The van der Waals surface area contributed by atoms with Crippen molar-refractivity contribution in [2.45, 2.75) is 58.3 Å². The third-order valence-corrected chi connectivity index (χ3v) is 6.05. The summed E-state index contributed by atoms with van der Waals surface area (Å²) in [5.41, 5.74) is 3.19. The predicted octanol–water partition coefficient (Wildman–Crippen LogP) is 3.80. The number of carbonyl (C=O) groups is 2. The van der Waals surface area contributed by atoms with Crippen molar-refractivity contribution >= 4 is 23.2 Å². The van der Waals surface area contributed by atoms with E-state index in [1.54, 1.807) is 6.07 Å². The van der Waals surface area contributed by atoms with Gasteiger partial charge in [-0.1, -0.05) is 6.07 Å². The highest BCUT2D eigenvalue weighted by Gasteiger charge is 2.24. The SMILES string of the molecule is CC1CN(c2ccc(CNC(=O)CCCOc3ccc4c(c3)CCC(=O)N4)cc2F)CC(C)O1. The lowest BCUT2D eigenvalue weighted by Gasteiger charge is -2.37. The van der Waals surface area contributed by atoms with Gasteiger partial charge in [0.05, 0.1) is 24.5 Å². The summed E-state index contributed by atoms with van der Waals surface area (Å²) < 4.78 is 26.2. The molecular formula is C26H32FN3O4. The van der Waals surface area contributed by atoms with Crippen LogP contribution in [0.4, 0.5) is 15.8 Å². The molecule has 2 heterocycles. The lowest BCUT2D eigenvalue weighted by molar-refractivity contribution is -0.121. The molecule has 1 saturated heterocycles. The summed E-state index contributed by atoms with van der Waals surface area (Å²) >= 11 is 0. The maximum Gasteiger partial charge on any atom is 0.224 e. The normalized spacial score (nSPS) is 19.9. The van der Waals surface area contributed by atoms with Crippen LogP contribution < -0.4 is 20.3 Å². The summed E-state index contributed by atoms with van der Waals surface area (Å²) in [5, 5.41) is 5.69. The van der Waals surface area contributed by atoms with Gasteiger partial charge in [0.15, 0.2) is 0 Å². The first-order chi connectivity index (χ1) is 16.4. The first-order valence-electron chi connectivity index (χ1n) is 11.9. The number of aryl methyl sites for hydroxylation is 1. The number of halogens is 1. The molecule has 7 nitrogen and oxygen atoms in total. The molecule has 2 aliphatic heterocycles. The number of morpholine rings is 1. The monoisotopic (exact) mass is 469 g/mol. The summed E-state index contributed by atoms with van der Waals surface area (Å²) in [6.45, 7) is 5.98. The van der Waals surface area contributed by atoms with Gasteiger partial charge in [-0.05, 0) is 68.1 Å². The standard InChI is InChI=1S/C26H32FN3O4/c1-17-15-30(16-18(2)34-17)24-9-5-19(12-22(24)27)14-28-25(31)4-3-11-33-21-7-8-23-20(13-21)6-10-26(32)29-23/h5,7-9,12-13,17-18H,3-4,6,10-11,14-16H2,1-2H3,(H,28,31)(H,29,32). The van der Waals surface area contributed by atoms with Crippen molar-refractivity contribution in [3.63, 3.8) is 0 Å². The number of anilines is 2. The van der Waals surface area contributed by atoms with Crippen LogP contribution in [-0.4, -0.2) is 43.7 Å². The number of carbonyl (C=O) groups excluding carboxylic acids is 2. The van der Waals surface area contributed by atoms with Gasteiger partial charge in [0.1, 0.15) is 11.6 Å². The zero-order valence-corrected chi connectivity index (χ0v) is 19.7. The zero-order valence-electron chi connectivity index (χ0n) is 19.7.